The summed E-state index contributed by atoms with van der Waals surface area (Å²) < 4.78 is 5.36. The predicted octanol–water partition coefficient (Wildman–Crippen LogP) is 1.91. The fraction of sp³-hybridized carbons (Fsp3) is 0.500. The molecule has 0 aliphatic carbocycles. The SMILES string of the molecule is CC(C)OCCNC(=O)C(C)c1cccc(N)c1. The zero-order valence-corrected chi connectivity index (χ0v) is 11.3. The first-order valence-corrected chi connectivity index (χ1v) is 6.25. The van der Waals surface area contributed by atoms with Crippen molar-refractivity contribution in [3.05, 3.63) is 29.8 Å². The van der Waals surface area contributed by atoms with Gasteiger partial charge in [0.05, 0.1) is 18.6 Å². The summed E-state index contributed by atoms with van der Waals surface area (Å²) in [6.07, 6.45) is 0.188. The topological polar surface area (TPSA) is 64.3 Å². The van der Waals surface area contributed by atoms with Crippen LogP contribution < -0.4 is 11.1 Å². The lowest BCUT2D eigenvalue weighted by Crippen LogP contribution is -2.31. The molecule has 0 spiro atoms. The molecule has 0 radical (unpaired) electrons. The summed E-state index contributed by atoms with van der Waals surface area (Å²) in [7, 11) is 0. The summed E-state index contributed by atoms with van der Waals surface area (Å²) in [5.74, 6) is -0.208. The van der Waals surface area contributed by atoms with E-state index in [-0.39, 0.29) is 17.9 Å². The lowest BCUT2D eigenvalue weighted by atomic mass is 10.00. The second kappa shape index (κ2) is 7.01. The molecular weight excluding hydrogens is 228 g/mol. The van der Waals surface area contributed by atoms with E-state index >= 15 is 0 Å². The molecule has 0 aliphatic heterocycles. The number of nitrogens with two attached hydrogens (primary N) is 1. The van der Waals surface area contributed by atoms with Crippen LogP contribution in [0.25, 0.3) is 0 Å². The Kier molecular flexibility index (Phi) is 5.65. The molecule has 4 heteroatoms. The number of hydrogen-bond donors (Lipinski definition) is 2. The van der Waals surface area contributed by atoms with E-state index in [0.717, 1.165) is 5.56 Å². The standard InChI is InChI=1S/C14H22N2O2/c1-10(2)18-8-7-16-14(17)11(3)12-5-4-6-13(15)9-12/h4-6,9-11H,7-8,15H2,1-3H3,(H,16,17). The van der Waals surface area contributed by atoms with Gasteiger partial charge in [0.15, 0.2) is 0 Å². The maximum absolute atomic E-state index is 11.9. The van der Waals surface area contributed by atoms with Crippen molar-refractivity contribution in [1.29, 1.82) is 0 Å². The van der Waals surface area contributed by atoms with Gasteiger partial charge in [-0.1, -0.05) is 12.1 Å². The van der Waals surface area contributed by atoms with E-state index in [9.17, 15) is 4.79 Å². The molecule has 0 aliphatic rings. The van der Waals surface area contributed by atoms with E-state index in [1.54, 1.807) is 0 Å². The lowest BCUT2D eigenvalue weighted by Gasteiger charge is -2.14. The zero-order valence-electron chi connectivity index (χ0n) is 11.3. The molecule has 0 fully saturated rings. The Morgan fingerprint density at radius 2 is 2.11 bits per heavy atom. The molecule has 1 aromatic carbocycles. The second-order valence-corrected chi connectivity index (χ2v) is 4.60. The third kappa shape index (κ3) is 4.75. The first kappa shape index (κ1) is 14.5. The van der Waals surface area contributed by atoms with E-state index in [0.29, 0.717) is 18.8 Å². The molecular formula is C14H22N2O2. The molecule has 1 rings (SSSR count). The Morgan fingerprint density at radius 1 is 1.39 bits per heavy atom. The Labute approximate surface area is 109 Å². The fourth-order valence-corrected chi connectivity index (χ4v) is 1.60. The molecule has 0 heterocycles. The van der Waals surface area contributed by atoms with Gasteiger partial charge in [0.25, 0.3) is 0 Å². The van der Waals surface area contributed by atoms with Crippen molar-refractivity contribution in [2.45, 2.75) is 32.8 Å². The van der Waals surface area contributed by atoms with Crippen molar-refractivity contribution < 1.29 is 9.53 Å². The van der Waals surface area contributed by atoms with E-state index in [2.05, 4.69) is 5.32 Å². The van der Waals surface area contributed by atoms with Gasteiger partial charge in [-0.05, 0) is 38.5 Å². The van der Waals surface area contributed by atoms with Gasteiger partial charge < -0.3 is 15.8 Å². The predicted molar refractivity (Wildman–Crippen MR) is 73.4 cm³/mol. The van der Waals surface area contributed by atoms with Crippen LogP contribution in [0.15, 0.2) is 24.3 Å². The maximum Gasteiger partial charge on any atom is 0.227 e. The van der Waals surface area contributed by atoms with Crippen LogP contribution in [0.5, 0.6) is 0 Å². The quantitative estimate of drug-likeness (QED) is 0.599. The number of nitrogen functional groups attached to an aromatic ring is 1. The molecule has 1 unspecified atom stereocenters. The maximum atomic E-state index is 11.9. The van der Waals surface area contributed by atoms with E-state index < -0.39 is 0 Å². The first-order valence-electron chi connectivity index (χ1n) is 6.25. The fourth-order valence-electron chi connectivity index (χ4n) is 1.60. The van der Waals surface area contributed by atoms with Crippen molar-refractivity contribution >= 4 is 11.6 Å². The largest absolute Gasteiger partial charge is 0.399 e. The van der Waals surface area contributed by atoms with Gasteiger partial charge >= 0.3 is 0 Å². The molecule has 0 aromatic heterocycles. The first-order chi connectivity index (χ1) is 8.50. The summed E-state index contributed by atoms with van der Waals surface area (Å²) in [4.78, 5) is 11.9. The zero-order chi connectivity index (χ0) is 13.5. The molecule has 18 heavy (non-hydrogen) atoms. The van der Waals surface area contributed by atoms with Gasteiger partial charge in [0, 0.05) is 12.2 Å². The van der Waals surface area contributed by atoms with E-state index in [1.165, 1.54) is 0 Å². The average Bonchev–Trinajstić information content (AvgIpc) is 2.33. The van der Waals surface area contributed by atoms with Gasteiger partial charge in [0.1, 0.15) is 0 Å². The molecule has 1 atom stereocenters. The summed E-state index contributed by atoms with van der Waals surface area (Å²) in [5.41, 5.74) is 7.30. The normalized spacial score (nSPS) is 12.4. The van der Waals surface area contributed by atoms with Crippen LogP contribution in [0.1, 0.15) is 32.3 Å². The number of ether oxygens (including phenoxy) is 1. The summed E-state index contributed by atoms with van der Waals surface area (Å²) in [5, 5.41) is 2.85. The van der Waals surface area contributed by atoms with Crippen LogP contribution >= 0.6 is 0 Å². The molecule has 1 amide bonds. The minimum absolute atomic E-state index is 0.00652. The molecule has 0 bridgehead atoms. The average molecular weight is 250 g/mol. The van der Waals surface area contributed by atoms with Gasteiger partial charge in [-0.3, -0.25) is 4.79 Å². The number of nitrogens with one attached hydrogen (secondary N) is 1. The smallest absolute Gasteiger partial charge is 0.227 e. The third-order valence-corrected chi connectivity index (χ3v) is 2.66. The van der Waals surface area contributed by atoms with Crippen molar-refractivity contribution in [2.24, 2.45) is 0 Å². The number of carbonyl (C=O) groups excluding carboxylic acids is 1. The number of benzene rings is 1. The number of rotatable bonds is 6. The van der Waals surface area contributed by atoms with Crippen LogP contribution in [0.3, 0.4) is 0 Å². The van der Waals surface area contributed by atoms with Crippen LogP contribution in [-0.4, -0.2) is 25.2 Å². The summed E-state index contributed by atoms with van der Waals surface area (Å²) in [6, 6.07) is 7.40. The Morgan fingerprint density at radius 3 is 2.72 bits per heavy atom. The summed E-state index contributed by atoms with van der Waals surface area (Å²) >= 11 is 0. The third-order valence-electron chi connectivity index (χ3n) is 2.66. The Bertz CT molecular complexity index is 391. The number of anilines is 1. The van der Waals surface area contributed by atoms with Crippen molar-refractivity contribution in [3.63, 3.8) is 0 Å². The van der Waals surface area contributed by atoms with Crippen molar-refractivity contribution in [3.8, 4) is 0 Å². The highest BCUT2D eigenvalue weighted by Crippen LogP contribution is 2.17. The lowest BCUT2D eigenvalue weighted by molar-refractivity contribution is -0.122. The number of hydrogen-bond acceptors (Lipinski definition) is 3. The van der Waals surface area contributed by atoms with Gasteiger partial charge in [-0.25, -0.2) is 0 Å². The van der Waals surface area contributed by atoms with Crippen molar-refractivity contribution in [2.75, 3.05) is 18.9 Å². The minimum atomic E-state index is -0.201. The second-order valence-electron chi connectivity index (χ2n) is 4.60. The van der Waals surface area contributed by atoms with Gasteiger partial charge in [-0.15, -0.1) is 0 Å². The van der Waals surface area contributed by atoms with Crippen molar-refractivity contribution in [1.82, 2.24) is 5.32 Å². The van der Waals surface area contributed by atoms with Gasteiger partial charge in [0.2, 0.25) is 5.91 Å². The van der Waals surface area contributed by atoms with E-state index in [4.69, 9.17) is 10.5 Å². The van der Waals surface area contributed by atoms with Gasteiger partial charge in [-0.2, -0.15) is 0 Å². The monoisotopic (exact) mass is 250 g/mol. The van der Waals surface area contributed by atoms with Crippen LogP contribution in [-0.2, 0) is 9.53 Å². The Balaban J connectivity index is 2.42. The molecule has 0 saturated heterocycles. The van der Waals surface area contributed by atoms with Crippen LogP contribution in [0, 0.1) is 0 Å². The highest BCUT2D eigenvalue weighted by Gasteiger charge is 2.14. The molecule has 4 nitrogen and oxygen atoms in total. The van der Waals surface area contributed by atoms with E-state index in [1.807, 2.05) is 45.0 Å². The molecule has 3 N–H and O–H groups in total. The molecule has 1 aromatic rings. The minimum Gasteiger partial charge on any atom is -0.399 e. The number of carbonyl (C=O) groups is 1. The highest BCUT2D eigenvalue weighted by atomic mass is 16.5. The molecule has 100 valence electrons. The summed E-state index contributed by atoms with van der Waals surface area (Å²) in [6.45, 7) is 6.87. The highest BCUT2D eigenvalue weighted by molar-refractivity contribution is 5.83. The van der Waals surface area contributed by atoms with Crippen LogP contribution in [0.4, 0.5) is 5.69 Å². The van der Waals surface area contributed by atoms with Crippen LogP contribution in [0.2, 0.25) is 0 Å². The Hall–Kier alpha value is -1.55. The molecule has 0 saturated carbocycles. The number of amides is 1.